The molecule has 0 bridgehead atoms. The van der Waals surface area contributed by atoms with E-state index in [1.54, 1.807) is 0 Å². The maximum atomic E-state index is 11.2. The molecule has 2 atom stereocenters. The number of aliphatic hydroxyl groups is 1. The van der Waals surface area contributed by atoms with Gasteiger partial charge in [-0.1, -0.05) is 47.1 Å². The molecule has 3 heteroatoms. The Hall–Kier alpha value is -0.830. The summed E-state index contributed by atoms with van der Waals surface area (Å²) in [5.41, 5.74) is 0.116. The van der Waals surface area contributed by atoms with E-state index >= 15 is 0 Å². The van der Waals surface area contributed by atoms with Gasteiger partial charge in [-0.2, -0.15) is 0 Å². The Morgan fingerprint density at radius 1 is 1.22 bits per heavy atom. The topological polar surface area (TPSA) is 46.5 Å². The third kappa shape index (κ3) is 11.6. The lowest BCUT2D eigenvalue weighted by molar-refractivity contribution is -0.144. The lowest BCUT2D eigenvalue weighted by atomic mass is 10.0. The minimum Gasteiger partial charge on any atom is -0.459 e. The van der Waals surface area contributed by atoms with Crippen molar-refractivity contribution < 1.29 is 14.6 Å². The summed E-state index contributed by atoms with van der Waals surface area (Å²) in [6.07, 6.45) is 4.20. The Bertz CT molecular complexity index is 224. The molecule has 2 unspecified atom stereocenters. The molecule has 18 heavy (non-hydrogen) atoms. The first-order chi connectivity index (χ1) is 8.42. The van der Waals surface area contributed by atoms with Crippen molar-refractivity contribution in [2.75, 3.05) is 6.61 Å². The molecule has 0 spiro atoms. The van der Waals surface area contributed by atoms with Crippen molar-refractivity contribution in [3.8, 4) is 0 Å². The number of esters is 1. The fraction of sp³-hybridized carbons (Fsp3) is 0.800. The van der Waals surface area contributed by atoms with Gasteiger partial charge in [0.1, 0.15) is 0 Å². The lowest BCUT2D eigenvalue weighted by Gasteiger charge is -2.15. The van der Waals surface area contributed by atoms with Gasteiger partial charge in [0.2, 0.25) is 0 Å². The van der Waals surface area contributed by atoms with Crippen LogP contribution in [0.2, 0.25) is 0 Å². The first-order valence-electron chi connectivity index (χ1n) is 6.92. The molecule has 0 radical (unpaired) electrons. The molecule has 0 aromatic carbocycles. The van der Waals surface area contributed by atoms with Gasteiger partial charge in [-0.05, 0) is 25.7 Å². The molecule has 108 valence electrons. The molecule has 0 aliphatic carbocycles. The van der Waals surface area contributed by atoms with Crippen LogP contribution in [-0.2, 0) is 9.53 Å². The van der Waals surface area contributed by atoms with Crippen molar-refractivity contribution in [3.05, 3.63) is 12.2 Å². The average Bonchev–Trinajstić information content (AvgIpc) is 2.35. The van der Waals surface area contributed by atoms with Crippen LogP contribution >= 0.6 is 0 Å². The van der Waals surface area contributed by atoms with E-state index in [9.17, 15) is 4.79 Å². The van der Waals surface area contributed by atoms with E-state index < -0.39 is 5.97 Å². The standard InChI is InChI=1S/C12H22O3.C3H8/c1-5-9(2)6-7-11(4)15-12(14)10(3)8-13;1-3-2/h9,11,13H,3,5-8H2,1-2,4H3;3H2,1-2H3. The largest absolute Gasteiger partial charge is 0.459 e. The Balaban J connectivity index is 0. The molecule has 0 saturated carbocycles. The molecule has 0 amide bonds. The van der Waals surface area contributed by atoms with E-state index in [1.165, 1.54) is 6.42 Å². The van der Waals surface area contributed by atoms with Crippen LogP contribution in [0.3, 0.4) is 0 Å². The lowest BCUT2D eigenvalue weighted by Crippen LogP contribution is -2.18. The summed E-state index contributed by atoms with van der Waals surface area (Å²) in [4.78, 5) is 11.2. The van der Waals surface area contributed by atoms with Crippen LogP contribution in [0.25, 0.3) is 0 Å². The Morgan fingerprint density at radius 2 is 1.72 bits per heavy atom. The van der Waals surface area contributed by atoms with E-state index in [2.05, 4.69) is 34.3 Å². The van der Waals surface area contributed by atoms with Gasteiger partial charge in [-0.15, -0.1) is 0 Å². The summed E-state index contributed by atoms with van der Waals surface area (Å²) in [7, 11) is 0. The summed E-state index contributed by atoms with van der Waals surface area (Å²) >= 11 is 0. The van der Waals surface area contributed by atoms with Crippen LogP contribution in [0.1, 0.15) is 60.3 Å². The summed E-state index contributed by atoms with van der Waals surface area (Å²) in [6, 6.07) is 0. The molecule has 0 aliphatic rings. The average molecular weight is 258 g/mol. The Morgan fingerprint density at radius 3 is 2.11 bits per heavy atom. The van der Waals surface area contributed by atoms with Crippen molar-refractivity contribution >= 4 is 5.97 Å². The molecule has 0 aromatic rings. The first-order valence-corrected chi connectivity index (χ1v) is 6.92. The number of hydrogen-bond donors (Lipinski definition) is 1. The highest BCUT2D eigenvalue weighted by Crippen LogP contribution is 2.13. The van der Waals surface area contributed by atoms with Crippen LogP contribution < -0.4 is 0 Å². The zero-order chi connectivity index (χ0) is 14.6. The zero-order valence-electron chi connectivity index (χ0n) is 12.7. The second-order valence-corrected chi connectivity index (χ2v) is 4.78. The van der Waals surface area contributed by atoms with Gasteiger partial charge in [-0.25, -0.2) is 4.79 Å². The van der Waals surface area contributed by atoms with E-state index in [-0.39, 0.29) is 18.3 Å². The second kappa shape index (κ2) is 12.6. The van der Waals surface area contributed by atoms with Crippen molar-refractivity contribution in [1.82, 2.24) is 0 Å². The normalized spacial score (nSPS) is 13.0. The zero-order valence-corrected chi connectivity index (χ0v) is 12.7. The number of aliphatic hydroxyl groups excluding tert-OH is 1. The van der Waals surface area contributed by atoms with Crippen molar-refractivity contribution in [3.63, 3.8) is 0 Å². The Labute approximate surface area is 112 Å². The first kappa shape index (κ1) is 19.5. The van der Waals surface area contributed by atoms with Crippen LogP contribution in [0.4, 0.5) is 0 Å². The minimum atomic E-state index is -0.492. The molecule has 0 rings (SSSR count). The molecule has 3 nitrogen and oxygen atoms in total. The summed E-state index contributed by atoms with van der Waals surface area (Å²) < 4.78 is 5.10. The van der Waals surface area contributed by atoms with Crippen LogP contribution in [0, 0.1) is 5.92 Å². The van der Waals surface area contributed by atoms with Gasteiger partial charge in [0, 0.05) is 0 Å². The predicted octanol–water partition coefficient (Wildman–Crippen LogP) is 3.71. The van der Waals surface area contributed by atoms with Crippen molar-refractivity contribution in [2.45, 2.75) is 66.4 Å². The van der Waals surface area contributed by atoms with E-state index in [4.69, 9.17) is 9.84 Å². The fourth-order valence-corrected chi connectivity index (χ4v) is 1.11. The molecular formula is C15H30O3. The van der Waals surface area contributed by atoms with Gasteiger partial charge < -0.3 is 9.84 Å². The van der Waals surface area contributed by atoms with E-state index in [0.29, 0.717) is 5.92 Å². The monoisotopic (exact) mass is 258 g/mol. The molecule has 0 heterocycles. The molecule has 1 N–H and O–H groups in total. The quantitative estimate of drug-likeness (QED) is 0.559. The molecule has 0 aliphatic heterocycles. The Kier molecular flexibility index (Phi) is 13.7. The highest BCUT2D eigenvalue weighted by Gasteiger charge is 2.12. The third-order valence-electron chi connectivity index (χ3n) is 2.55. The fourth-order valence-electron chi connectivity index (χ4n) is 1.11. The molecular weight excluding hydrogens is 228 g/mol. The van der Waals surface area contributed by atoms with Crippen LogP contribution in [0.15, 0.2) is 12.2 Å². The van der Waals surface area contributed by atoms with Crippen LogP contribution in [0.5, 0.6) is 0 Å². The predicted molar refractivity (Wildman–Crippen MR) is 76.4 cm³/mol. The van der Waals surface area contributed by atoms with Gasteiger partial charge in [0.15, 0.2) is 0 Å². The summed E-state index contributed by atoms with van der Waals surface area (Å²) in [5, 5.41) is 8.67. The smallest absolute Gasteiger partial charge is 0.336 e. The minimum absolute atomic E-state index is 0.102. The number of ether oxygens (including phenoxy) is 1. The van der Waals surface area contributed by atoms with Gasteiger partial charge in [0.05, 0.1) is 18.3 Å². The number of hydrogen-bond acceptors (Lipinski definition) is 3. The van der Waals surface area contributed by atoms with E-state index in [0.717, 1.165) is 19.3 Å². The van der Waals surface area contributed by atoms with Gasteiger partial charge in [-0.3, -0.25) is 0 Å². The number of rotatable bonds is 7. The van der Waals surface area contributed by atoms with Gasteiger partial charge >= 0.3 is 5.97 Å². The maximum Gasteiger partial charge on any atom is 0.336 e. The van der Waals surface area contributed by atoms with Crippen LogP contribution in [-0.4, -0.2) is 23.8 Å². The summed E-state index contributed by atoms with van der Waals surface area (Å²) in [5.74, 6) is 0.168. The number of carbonyl (C=O) groups is 1. The molecule has 0 aromatic heterocycles. The molecule has 0 saturated heterocycles. The number of carbonyl (C=O) groups excluding carboxylic acids is 1. The van der Waals surface area contributed by atoms with E-state index in [1.807, 2.05) is 6.92 Å². The SMILES string of the molecule is C=C(CO)C(=O)OC(C)CCC(C)CC.CCC. The van der Waals surface area contributed by atoms with Crippen molar-refractivity contribution in [1.29, 1.82) is 0 Å². The molecule has 0 fully saturated rings. The third-order valence-corrected chi connectivity index (χ3v) is 2.55. The summed E-state index contributed by atoms with van der Waals surface area (Å²) in [6.45, 7) is 13.5. The van der Waals surface area contributed by atoms with Gasteiger partial charge in [0.25, 0.3) is 0 Å². The maximum absolute atomic E-state index is 11.2. The highest BCUT2D eigenvalue weighted by molar-refractivity contribution is 5.88. The van der Waals surface area contributed by atoms with Crippen molar-refractivity contribution in [2.24, 2.45) is 5.92 Å². The second-order valence-electron chi connectivity index (χ2n) is 4.78. The highest BCUT2D eigenvalue weighted by atomic mass is 16.5.